The van der Waals surface area contributed by atoms with Gasteiger partial charge in [-0.3, -0.25) is 4.79 Å². The highest BCUT2D eigenvalue weighted by molar-refractivity contribution is 9.10. The monoisotopic (exact) mass is 362 g/mol. The Kier molecular flexibility index (Phi) is 5.73. The zero-order valence-electron chi connectivity index (χ0n) is 11.7. The number of carbonyl (C=O) groups excluding carboxylic acids is 1. The first-order valence-electron chi connectivity index (χ1n) is 6.16. The Hall–Kier alpha value is -0.920. The molecule has 0 aliphatic heterocycles. The van der Waals surface area contributed by atoms with Gasteiger partial charge >= 0.3 is 0 Å². The summed E-state index contributed by atoms with van der Waals surface area (Å²) in [6, 6.07) is 6.35. The lowest BCUT2D eigenvalue weighted by molar-refractivity contribution is -0.128. The van der Waals surface area contributed by atoms with Gasteiger partial charge in [-0.05, 0) is 24.3 Å². The highest BCUT2D eigenvalue weighted by atomic mass is 79.9. The topological polar surface area (TPSA) is 75.3 Å². The summed E-state index contributed by atoms with van der Waals surface area (Å²) in [6.45, 7) is 5.81. The molecular formula is C13H19BrN2O3S. The summed E-state index contributed by atoms with van der Waals surface area (Å²) in [7, 11) is -3.53. The molecule has 0 saturated heterocycles. The van der Waals surface area contributed by atoms with E-state index in [1.54, 1.807) is 32.9 Å². The Bertz CT molecular complexity index is 562. The van der Waals surface area contributed by atoms with Gasteiger partial charge in [0.2, 0.25) is 15.9 Å². The van der Waals surface area contributed by atoms with Crippen molar-refractivity contribution in [2.75, 3.05) is 13.1 Å². The molecule has 0 radical (unpaired) electrons. The van der Waals surface area contributed by atoms with E-state index < -0.39 is 15.4 Å². The van der Waals surface area contributed by atoms with Crippen LogP contribution in [0.25, 0.3) is 0 Å². The first kappa shape index (κ1) is 17.1. The maximum absolute atomic E-state index is 11.9. The summed E-state index contributed by atoms with van der Waals surface area (Å²) < 4.78 is 27.1. The lowest BCUT2D eigenvalue weighted by atomic mass is 9.96. The molecule has 1 amide bonds. The number of carbonyl (C=O) groups is 1. The van der Waals surface area contributed by atoms with Crippen molar-refractivity contribution in [3.8, 4) is 0 Å². The fourth-order valence-electron chi connectivity index (χ4n) is 1.32. The predicted octanol–water partition coefficient (Wildman–Crippen LogP) is 1.89. The third-order valence-electron chi connectivity index (χ3n) is 2.51. The van der Waals surface area contributed by atoms with Crippen molar-refractivity contribution >= 4 is 31.9 Å². The van der Waals surface area contributed by atoms with Crippen LogP contribution in [0.15, 0.2) is 33.6 Å². The van der Waals surface area contributed by atoms with Crippen LogP contribution in [0, 0.1) is 5.41 Å². The Morgan fingerprint density at radius 1 is 1.15 bits per heavy atom. The quantitative estimate of drug-likeness (QED) is 0.785. The number of benzene rings is 1. The smallest absolute Gasteiger partial charge is 0.240 e. The van der Waals surface area contributed by atoms with Gasteiger partial charge in [-0.15, -0.1) is 0 Å². The van der Waals surface area contributed by atoms with Crippen molar-refractivity contribution < 1.29 is 13.2 Å². The van der Waals surface area contributed by atoms with Crippen LogP contribution >= 0.6 is 15.9 Å². The Balaban J connectivity index is 2.49. The van der Waals surface area contributed by atoms with E-state index in [9.17, 15) is 13.2 Å². The maximum Gasteiger partial charge on any atom is 0.240 e. The summed E-state index contributed by atoms with van der Waals surface area (Å²) in [5, 5.41) is 2.68. The summed E-state index contributed by atoms with van der Waals surface area (Å²) >= 11 is 3.25. The molecule has 0 saturated carbocycles. The van der Waals surface area contributed by atoms with Crippen LogP contribution in [0.5, 0.6) is 0 Å². The van der Waals surface area contributed by atoms with Gasteiger partial charge in [0.25, 0.3) is 0 Å². The van der Waals surface area contributed by atoms with Gasteiger partial charge in [0, 0.05) is 23.0 Å². The Morgan fingerprint density at radius 2 is 1.70 bits per heavy atom. The number of halogens is 1. The van der Waals surface area contributed by atoms with E-state index >= 15 is 0 Å². The molecule has 0 aliphatic rings. The zero-order valence-corrected chi connectivity index (χ0v) is 14.1. The van der Waals surface area contributed by atoms with Gasteiger partial charge in [0.05, 0.1) is 4.90 Å². The normalized spacial score (nSPS) is 12.2. The lowest BCUT2D eigenvalue weighted by Crippen LogP contribution is -2.39. The molecule has 7 heteroatoms. The summed E-state index contributed by atoms with van der Waals surface area (Å²) in [4.78, 5) is 11.8. The van der Waals surface area contributed by atoms with E-state index in [2.05, 4.69) is 26.0 Å². The molecule has 0 unspecified atom stereocenters. The highest BCUT2D eigenvalue weighted by Gasteiger charge is 2.20. The van der Waals surface area contributed by atoms with E-state index in [0.717, 1.165) is 4.47 Å². The summed E-state index contributed by atoms with van der Waals surface area (Å²) in [6.07, 6.45) is 0. The molecule has 0 aromatic heterocycles. The van der Waals surface area contributed by atoms with Gasteiger partial charge in [-0.1, -0.05) is 36.7 Å². The van der Waals surface area contributed by atoms with E-state index in [1.807, 2.05) is 0 Å². The fourth-order valence-corrected chi connectivity index (χ4v) is 2.62. The van der Waals surface area contributed by atoms with Gasteiger partial charge in [0.1, 0.15) is 0 Å². The Labute approximate surface area is 128 Å². The SMILES string of the molecule is CC(C)(C)C(=O)NCCNS(=O)(=O)c1ccc(Br)cc1. The van der Waals surface area contributed by atoms with Gasteiger partial charge < -0.3 is 5.32 Å². The minimum absolute atomic E-state index is 0.111. The molecule has 0 atom stereocenters. The number of sulfonamides is 1. The van der Waals surface area contributed by atoms with E-state index in [-0.39, 0.29) is 23.9 Å². The minimum atomic E-state index is -3.53. The van der Waals surface area contributed by atoms with E-state index in [4.69, 9.17) is 0 Å². The molecule has 2 N–H and O–H groups in total. The van der Waals surface area contributed by atoms with E-state index in [1.165, 1.54) is 12.1 Å². The number of rotatable bonds is 5. The Morgan fingerprint density at radius 3 is 2.20 bits per heavy atom. The van der Waals surface area contributed by atoms with Crippen LogP contribution in [0.3, 0.4) is 0 Å². The van der Waals surface area contributed by atoms with Crippen molar-refractivity contribution in [1.29, 1.82) is 0 Å². The third kappa shape index (κ3) is 5.22. The second-order valence-electron chi connectivity index (χ2n) is 5.36. The molecule has 0 bridgehead atoms. The third-order valence-corrected chi connectivity index (χ3v) is 4.51. The summed E-state index contributed by atoms with van der Waals surface area (Å²) in [5.74, 6) is -0.111. The van der Waals surface area contributed by atoms with E-state index in [0.29, 0.717) is 0 Å². The zero-order chi connectivity index (χ0) is 15.4. The predicted molar refractivity (Wildman–Crippen MR) is 81.8 cm³/mol. The largest absolute Gasteiger partial charge is 0.354 e. The molecule has 0 aliphatic carbocycles. The number of amides is 1. The van der Waals surface area contributed by atoms with Crippen molar-refractivity contribution in [2.45, 2.75) is 25.7 Å². The molecule has 112 valence electrons. The standard InChI is InChI=1S/C13H19BrN2O3S/c1-13(2,3)12(17)15-8-9-16-20(18,19)11-6-4-10(14)5-7-11/h4-7,16H,8-9H2,1-3H3,(H,15,17). The molecular weight excluding hydrogens is 344 g/mol. The highest BCUT2D eigenvalue weighted by Crippen LogP contribution is 2.14. The van der Waals surface area contributed by atoms with Gasteiger partial charge in [-0.25, -0.2) is 13.1 Å². The second-order valence-corrected chi connectivity index (χ2v) is 8.04. The molecule has 20 heavy (non-hydrogen) atoms. The molecule has 5 nitrogen and oxygen atoms in total. The molecule has 1 aromatic rings. The lowest BCUT2D eigenvalue weighted by Gasteiger charge is -2.17. The minimum Gasteiger partial charge on any atom is -0.354 e. The molecule has 0 fully saturated rings. The van der Waals surface area contributed by atoms with Crippen LogP contribution in [-0.2, 0) is 14.8 Å². The van der Waals surface area contributed by atoms with Gasteiger partial charge in [0.15, 0.2) is 0 Å². The maximum atomic E-state index is 11.9. The van der Waals surface area contributed by atoms with Crippen LogP contribution in [0.4, 0.5) is 0 Å². The first-order chi connectivity index (χ1) is 9.13. The number of hydrogen-bond donors (Lipinski definition) is 2. The summed E-state index contributed by atoms with van der Waals surface area (Å²) in [5.41, 5.74) is -0.482. The van der Waals surface area contributed by atoms with Crippen molar-refractivity contribution in [1.82, 2.24) is 10.0 Å². The average Bonchev–Trinajstić information content (AvgIpc) is 2.33. The van der Waals surface area contributed by atoms with Crippen LogP contribution in [0.1, 0.15) is 20.8 Å². The van der Waals surface area contributed by atoms with Crippen LogP contribution < -0.4 is 10.0 Å². The van der Waals surface area contributed by atoms with Crippen molar-refractivity contribution in [2.24, 2.45) is 5.41 Å². The number of hydrogen-bond acceptors (Lipinski definition) is 3. The number of nitrogens with one attached hydrogen (secondary N) is 2. The average molecular weight is 363 g/mol. The van der Waals surface area contributed by atoms with Crippen LogP contribution in [0.2, 0.25) is 0 Å². The van der Waals surface area contributed by atoms with Crippen LogP contribution in [-0.4, -0.2) is 27.4 Å². The van der Waals surface area contributed by atoms with Gasteiger partial charge in [-0.2, -0.15) is 0 Å². The molecule has 1 aromatic carbocycles. The molecule has 0 heterocycles. The first-order valence-corrected chi connectivity index (χ1v) is 8.44. The van der Waals surface area contributed by atoms with Crippen molar-refractivity contribution in [3.63, 3.8) is 0 Å². The van der Waals surface area contributed by atoms with Crippen molar-refractivity contribution in [3.05, 3.63) is 28.7 Å². The fraction of sp³-hybridized carbons (Fsp3) is 0.462. The molecule has 0 spiro atoms. The molecule has 1 rings (SSSR count). The second kappa shape index (κ2) is 6.69.